The van der Waals surface area contributed by atoms with Crippen LogP contribution in [-0.2, 0) is 20.8 Å². The van der Waals surface area contributed by atoms with Gasteiger partial charge in [0.25, 0.3) is 5.91 Å². The van der Waals surface area contributed by atoms with Crippen LogP contribution in [0.3, 0.4) is 0 Å². The summed E-state index contributed by atoms with van der Waals surface area (Å²) < 4.78 is 1.42. The number of hydrogen-bond acceptors (Lipinski definition) is 7. The van der Waals surface area contributed by atoms with Crippen LogP contribution in [0.25, 0.3) is 5.69 Å². The summed E-state index contributed by atoms with van der Waals surface area (Å²) in [6, 6.07) is 11.5. The van der Waals surface area contributed by atoms with E-state index in [0.29, 0.717) is 34.4 Å². The van der Waals surface area contributed by atoms with Gasteiger partial charge in [0, 0.05) is 42.5 Å². The summed E-state index contributed by atoms with van der Waals surface area (Å²) in [5.74, 6) is -2.02. The van der Waals surface area contributed by atoms with Gasteiger partial charge in [-0.05, 0) is 55.9 Å². The molecule has 0 aliphatic heterocycles. The number of aryl methyl sites for hydroxylation is 1. The van der Waals surface area contributed by atoms with E-state index in [1.807, 2.05) is 44.2 Å². The molecule has 4 amide bonds. The minimum Gasteiger partial charge on any atom is -0.370 e. The number of guanidine groups is 1. The van der Waals surface area contributed by atoms with Crippen molar-refractivity contribution >= 4 is 52.8 Å². The Balaban J connectivity index is 1.79. The zero-order chi connectivity index (χ0) is 36.2. The molecule has 14 nitrogen and oxygen atoms in total. The van der Waals surface area contributed by atoms with Gasteiger partial charge in [0.15, 0.2) is 5.96 Å². The summed E-state index contributed by atoms with van der Waals surface area (Å²) in [5, 5.41) is 10.7. The lowest BCUT2D eigenvalue weighted by Crippen LogP contribution is -2.52. The summed E-state index contributed by atoms with van der Waals surface area (Å²) in [6.45, 7) is 5.80. The number of aliphatic imine (C=N–C) groups is 1. The van der Waals surface area contributed by atoms with Crippen molar-refractivity contribution in [3.8, 4) is 5.69 Å². The van der Waals surface area contributed by atoms with Crippen LogP contribution in [0.4, 0.5) is 0 Å². The van der Waals surface area contributed by atoms with Crippen LogP contribution >= 0.6 is 23.2 Å². The van der Waals surface area contributed by atoms with Gasteiger partial charge < -0.3 is 32.7 Å². The van der Waals surface area contributed by atoms with Gasteiger partial charge in [-0.3, -0.25) is 24.2 Å². The van der Waals surface area contributed by atoms with Gasteiger partial charge in [-0.1, -0.05) is 67.4 Å². The molecule has 264 valence electrons. The monoisotopic (exact) mass is 714 g/mol. The second kappa shape index (κ2) is 18.2. The number of primary amides is 1. The first-order valence-corrected chi connectivity index (χ1v) is 16.6. The molecule has 49 heavy (non-hydrogen) atoms. The predicted molar refractivity (Wildman–Crippen MR) is 189 cm³/mol. The van der Waals surface area contributed by atoms with Crippen LogP contribution in [0, 0.1) is 12.8 Å². The molecule has 1 heterocycles. The fourth-order valence-electron chi connectivity index (χ4n) is 5.25. The van der Waals surface area contributed by atoms with Crippen molar-refractivity contribution in [2.75, 3.05) is 13.6 Å². The van der Waals surface area contributed by atoms with Gasteiger partial charge in [-0.25, -0.2) is 9.67 Å². The highest BCUT2D eigenvalue weighted by atomic mass is 35.5. The molecule has 0 spiro atoms. The first kappa shape index (κ1) is 38.8. The maximum Gasteiger partial charge on any atom is 0.291 e. The van der Waals surface area contributed by atoms with Gasteiger partial charge >= 0.3 is 0 Å². The summed E-state index contributed by atoms with van der Waals surface area (Å²) in [5.41, 5.74) is 18.0. The molecular weight excluding hydrogens is 671 g/mol. The molecule has 2 unspecified atom stereocenters. The third kappa shape index (κ3) is 12.1. The predicted octanol–water partition coefficient (Wildman–Crippen LogP) is 2.51. The minimum atomic E-state index is -1.05. The second-order valence-corrected chi connectivity index (χ2v) is 13.0. The molecule has 0 saturated carbocycles. The van der Waals surface area contributed by atoms with E-state index in [9.17, 15) is 19.2 Å². The lowest BCUT2D eigenvalue weighted by Gasteiger charge is -2.29. The van der Waals surface area contributed by atoms with Crippen LogP contribution in [0.1, 0.15) is 61.5 Å². The maximum absolute atomic E-state index is 13.7. The number of nitrogens with two attached hydrogens (primary N) is 3. The minimum absolute atomic E-state index is 0.0962. The maximum atomic E-state index is 13.7. The molecule has 16 heteroatoms. The Morgan fingerprint density at radius 3 is 2.24 bits per heavy atom. The number of aromatic nitrogens is 3. The fourth-order valence-corrected chi connectivity index (χ4v) is 5.76. The first-order valence-electron chi connectivity index (χ1n) is 15.8. The number of amides is 4. The smallest absolute Gasteiger partial charge is 0.291 e. The molecule has 0 aliphatic rings. The van der Waals surface area contributed by atoms with Crippen molar-refractivity contribution in [3.63, 3.8) is 0 Å². The molecule has 0 radical (unpaired) electrons. The Kier molecular flexibility index (Phi) is 14.4. The standard InChI is InChI=1S/C33H44Cl2N10O4/c1-19(2)13-24(18-28(46)44(4)27(29(36)47)14-21-9-6-5-7-10-21)41-31(48)26(11-8-12-39-33(37)38)42-32(49)30-40-20(3)45(43-30)25-16-22(34)15-23(35)17-25/h5-7,9-10,15-17,19,24,26-27H,8,11-14,18H2,1-4H3,(H2,36,47)(H,41,48)(H,42,49)(H4,37,38,39)/t24?,26-,27?/m0/s1. The topological polar surface area (TPSA) is 217 Å². The molecule has 0 fully saturated rings. The largest absolute Gasteiger partial charge is 0.370 e. The lowest BCUT2D eigenvalue weighted by molar-refractivity contribution is -0.138. The van der Waals surface area contributed by atoms with Gasteiger partial charge in [0.2, 0.25) is 23.5 Å². The second-order valence-electron chi connectivity index (χ2n) is 12.1. The van der Waals surface area contributed by atoms with Gasteiger partial charge in [0.1, 0.15) is 17.9 Å². The molecule has 2 aromatic carbocycles. The molecule has 3 atom stereocenters. The molecular formula is C33H44Cl2N10O4. The van der Waals surface area contributed by atoms with Crippen molar-refractivity contribution in [1.82, 2.24) is 30.3 Å². The number of halogens is 2. The van der Waals surface area contributed by atoms with Crippen LogP contribution in [-0.4, -0.2) is 81.0 Å². The SMILES string of the molecule is Cc1nc(C(=O)N[C@@H](CCCN=C(N)N)C(=O)NC(CC(=O)N(C)C(Cc2ccccc2)C(N)=O)CC(C)C)nn1-c1cc(Cl)cc(Cl)c1. The third-order valence-electron chi connectivity index (χ3n) is 7.62. The van der Waals surface area contributed by atoms with Crippen LogP contribution in [0.2, 0.25) is 10.0 Å². The molecule has 8 N–H and O–H groups in total. The van der Waals surface area contributed by atoms with E-state index in [4.69, 9.17) is 40.4 Å². The van der Waals surface area contributed by atoms with Crippen molar-refractivity contribution in [3.05, 3.63) is 75.8 Å². The first-order chi connectivity index (χ1) is 23.1. The Morgan fingerprint density at radius 1 is 1.00 bits per heavy atom. The van der Waals surface area contributed by atoms with E-state index in [1.54, 1.807) is 25.1 Å². The van der Waals surface area contributed by atoms with Crippen molar-refractivity contribution in [2.45, 2.75) is 71.0 Å². The van der Waals surface area contributed by atoms with Gasteiger partial charge in [-0.15, -0.1) is 5.10 Å². The van der Waals surface area contributed by atoms with Crippen molar-refractivity contribution in [2.24, 2.45) is 28.1 Å². The normalized spacial score (nSPS) is 12.9. The quantitative estimate of drug-likeness (QED) is 0.0793. The number of carbonyl (C=O) groups excluding carboxylic acids is 4. The molecule has 3 aromatic rings. The summed E-state index contributed by atoms with van der Waals surface area (Å²) in [6.07, 6.45) is 1.13. The average molecular weight is 716 g/mol. The number of nitrogens with zero attached hydrogens (tertiary/aromatic N) is 5. The number of rotatable bonds is 17. The fraction of sp³-hybridized carbons (Fsp3) is 0.424. The Morgan fingerprint density at radius 2 is 1.65 bits per heavy atom. The Hall–Kier alpha value is -4.69. The number of carbonyl (C=O) groups is 4. The highest BCUT2D eigenvalue weighted by Crippen LogP contribution is 2.22. The van der Waals surface area contributed by atoms with Gasteiger partial charge in [-0.2, -0.15) is 0 Å². The van der Waals surface area contributed by atoms with Crippen LogP contribution in [0.5, 0.6) is 0 Å². The lowest BCUT2D eigenvalue weighted by atomic mass is 9.98. The third-order valence-corrected chi connectivity index (χ3v) is 8.05. The van der Waals surface area contributed by atoms with E-state index in [2.05, 4.69) is 25.7 Å². The van der Waals surface area contributed by atoms with Crippen LogP contribution in [0.15, 0.2) is 53.5 Å². The van der Waals surface area contributed by atoms with E-state index < -0.39 is 35.8 Å². The zero-order valence-corrected chi connectivity index (χ0v) is 29.5. The van der Waals surface area contributed by atoms with E-state index in [1.165, 1.54) is 16.6 Å². The van der Waals surface area contributed by atoms with Gasteiger partial charge in [0.05, 0.1) is 5.69 Å². The average Bonchev–Trinajstić information content (AvgIpc) is 3.42. The van der Waals surface area contributed by atoms with Crippen molar-refractivity contribution < 1.29 is 19.2 Å². The molecule has 1 aromatic heterocycles. The highest BCUT2D eigenvalue weighted by molar-refractivity contribution is 6.34. The molecule has 0 saturated heterocycles. The molecule has 0 bridgehead atoms. The Bertz CT molecular complexity index is 1620. The van der Waals surface area contributed by atoms with Crippen LogP contribution < -0.4 is 27.8 Å². The van der Waals surface area contributed by atoms with E-state index in [0.717, 1.165) is 5.56 Å². The van der Waals surface area contributed by atoms with E-state index >= 15 is 0 Å². The Labute approximate surface area is 295 Å². The summed E-state index contributed by atoms with van der Waals surface area (Å²) in [4.78, 5) is 62.6. The zero-order valence-electron chi connectivity index (χ0n) is 28.0. The number of likely N-dealkylation sites (N-methyl/N-ethyl adjacent to an activating group) is 1. The molecule has 3 rings (SSSR count). The summed E-state index contributed by atoms with van der Waals surface area (Å²) in [7, 11) is 1.52. The number of benzene rings is 2. The highest BCUT2D eigenvalue weighted by Gasteiger charge is 2.30. The number of hydrogen-bond donors (Lipinski definition) is 5. The number of nitrogens with one attached hydrogen (secondary N) is 2. The van der Waals surface area contributed by atoms with E-state index in [-0.39, 0.29) is 49.4 Å². The molecule has 0 aliphatic carbocycles. The summed E-state index contributed by atoms with van der Waals surface area (Å²) >= 11 is 12.3. The van der Waals surface area contributed by atoms with Crippen molar-refractivity contribution in [1.29, 1.82) is 0 Å².